The van der Waals surface area contributed by atoms with Crippen molar-refractivity contribution in [1.82, 2.24) is 5.32 Å². The van der Waals surface area contributed by atoms with Gasteiger partial charge in [0.05, 0.1) is 4.75 Å². The van der Waals surface area contributed by atoms with Crippen LogP contribution in [0.2, 0.25) is 0 Å². The largest absolute Gasteiger partial charge is 0.370 e. The van der Waals surface area contributed by atoms with Crippen molar-refractivity contribution in [2.45, 2.75) is 44.1 Å². The standard InChI is InChI=1S/C9H17NO2S/c1-4-9(5-2)7(11)10-8(3,12)6-13-9/h12H,4-6H2,1-3H3,(H,10,11)/t8-/m1/s1. The fourth-order valence-corrected chi connectivity index (χ4v) is 2.73. The SMILES string of the molecule is CCC1(CC)SC[C@@](C)(O)NC1=O. The van der Waals surface area contributed by atoms with E-state index in [2.05, 4.69) is 5.32 Å². The molecule has 1 aliphatic heterocycles. The zero-order valence-corrected chi connectivity index (χ0v) is 9.20. The minimum atomic E-state index is -1.03. The predicted molar refractivity (Wildman–Crippen MR) is 54.5 cm³/mol. The fraction of sp³-hybridized carbons (Fsp3) is 0.889. The third-order valence-corrected chi connectivity index (χ3v) is 4.59. The molecule has 1 atom stereocenters. The Morgan fingerprint density at radius 2 is 2.08 bits per heavy atom. The third kappa shape index (κ3) is 1.99. The molecule has 2 N–H and O–H groups in total. The first-order valence-corrected chi connectivity index (χ1v) is 5.63. The van der Waals surface area contributed by atoms with Crippen LogP contribution < -0.4 is 5.32 Å². The van der Waals surface area contributed by atoms with Crippen LogP contribution in [0.1, 0.15) is 33.6 Å². The average molecular weight is 203 g/mol. The molecule has 4 heteroatoms. The number of carbonyl (C=O) groups excluding carboxylic acids is 1. The Labute approximate surface area is 83.3 Å². The van der Waals surface area contributed by atoms with Gasteiger partial charge in [0, 0.05) is 5.75 Å². The molecule has 1 fully saturated rings. The molecule has 1 rings (SSSR count). The second-order valence-electron chi connectivity index (χ2n) is 3.72. The van der Waals surface area contributed by atoms with Gasteiger partial charge in [-0.25, -0.2) is 0 Å². The Balaban J connectivity index is 2.78. The highest BCUT2D eigenvalue weighted by Crippen LogP contribution is 2.38. The van der Waals surface area contributed by atoms with E-state index >= 15 is 0 Å². The van der Waals surface area contributed by atoms with Crippen LogP contribution in [0.5, 0.6) is 0 Å². The van der Waals surface area contributed by atoms with Crippen molar-refractivity contribution in [1.29, 1.82) is 0 Å². The molecule has 3 nitrogen and oxygen atoms in total. The fourth-order valence-electron chi connectivity index (χ4n) is 1.51. The molecule has 0 spiro atoms. The topological polar surface area (TPSA) is 49.3 Å². The summed E-state index contributed by atoms with van der Waals surface area (Å²) in [6.07, 6.45) is 1.63. The normalized spacial score (nSPS) is 32.8. The predicted octanol–water partition coefficient (Wildman–Crippen LogP) is 1.12. The molecule has 0 aromatic carbocycles. The van der Waals surface area contributed by atoms with Gasteiger partial charge in [-0.3, -0.25) is 4.79 Å². The summed E-state index contributed by atoms with van der Waals surface area (Å²) in [6.45, 7) is 5.65. The van der Waals surface area contributed by atoms with Crippen LogP contribution in [0.4, 0.5) is 0 Å². The lowest BCUT2D eigenvalue weighted by atomic mass is 10.00. The molecular weight excluding hydrogens is 186 g/mol. The Kier molecular flexibility index (Phi) is 2.92. The summed E-state index contributed by atoms with van der Waals surface area (Å²) in [5, 5.41) is 12.3. The first-order valence-electron chi connectivity index (χ1n) is 4.65. The zero-order valence-electron chi connectivity index (χ0n) is 8.39. The molecule has 0 aromatic rings. The van der Waals surface area contributed by atoms with Crippen LogP contribution in [-0.4, -0.2) is 27.2 Å². The first kappa shape index (κ1) is 10.9. The maximum atomic E-state index is 11.7. The highest BCUT2D eigenvalue weighted by atomic mass is 32.2. The lowest BCUT2D eigenvalue weighted by Gasteiger charge is -2.40. The van der Waals surface area contributed by atoms with E-state index in [9.17, 15) is 9.90 Å². The Morgan fingerprint density at radius 3 is 2.46 bits per heavy atom. The number of amides is 1. The van der Waals surface area contributed by atoms with E-state index in [4.69, 9.17) is 0 Å². The van der Waals surface area contributed by atoms with Crippen molar-refractivity contribution in [2.24, 2.45) is 0 Å². The molecular formula is C9H17NO2S. The lowest BCUT2D eigenvalue weighted by Crippen LogP contribution is -2.60. The van der Waals surface area contributed by atoms with Gasteiger partial charge in [-0.1, -0.05) is 13.8 Å². The molecule has 13 heavy (non-hydrogen) atoms. The maximum Gasteiger partial charge on any atom is 0.238 e. The van der Waals surface area contributed by atoms with Gasteiger partial charge in [0.15, 0.2) is 0 Å². The molecule has 76 valence electrons. The average Bonchev–Trinajstić information content (AvgIpc) is 2.05. The maximum absolute atomic E-state index is 11.7. The lowest BCUT2D eigenvalue weighted by molar-refractivity contribution is -0.130. The molecule has 1 heterocycles. The van der Waals surface area contributed by atoms with Crippen molar-refractivity contribution in [3.05, 3.63) is 0 Å². The van der Waals surface area contributed by atoms with Crippen LogP contribution in [0.3, 0.4) is 0 Å². The first-order chi connectivity index (χ1) is 5.96. The summed E-state index contributed by atoms with van der Waals surface area (Å²) in [5.74, 6) is 0.541. The summed E-state index contributed by atoms with van der Waals surface area (Å²) in [6, 6.07) is 0. The second-order valence-corrected chi connectivity index (χ2v) is 5.08. The van der Waals surface area contributed by atoms with Crippen LogP contribution in [-0.2, 0) is 4.79 Å². The molecule has 0 unspecified atom stereocenters. The van der Waals surface area contributed by atoms with E-state index in [1.165, 1.54) is 0 Å². The molecule has 1 saturated heterocycles. The minimum Gasteiger partial charge on any atom is -0.370 e. The number of thioether (sulfide) groups is 1. The highest BCUT2D eigenvalue weighted by Gasteiger charge is 2.44. The van der Waals surface area contributed by atoms with E-state index in [1.54, 1.807) is 18.7 Å². The number of hydrogen-bond acceptors (Lipinski definition) is 3. The van der Waals surface area contributed by atoms with Crippen LogP contribution in [0.15, 0.2) is 0 Å². The molecule has 0 aliphatic carbocycles. The number of carbonyl (C=O) groups is 1. The van der Waals surface area contributed by atoms with Gasteiger partial charge in [-0.2, -0.15) is 0 Å². The summed E-state index contributed by atoms with van der Waals surface area (Å²) in [5.41, 5.74) is -1.03. The highest BCUT2D eigenvalue weighted by molar-refractivity contribution is 8.01. The zero-order chi connectivity index (χ0) is 10.1. The van der Waals surface area contributed by atoms with E-state index in [0.29, 0.717) is 5.75 Å². The molecule has 0 bridgehead atoms. The number of aliphatic hydroxyl groups is 1. The minimum absolute atomic E-state index is 0.0289. The summed E-state index contributed by atoms with van der Waals surface area (Å²) >= 11 is 1.56. The Bertz CT molecular complexity index is 212. The van der Waals surface area contributed by atoms with Gasteiger partial charge < -0.3 is 10.4 Å². The van der Waals surface area contributed by atoms with Crippen molar-refractivity contribution >= 4 is 17.7 Å². The van der Waals surface area contributed by atoms with Crippen molar-refractivity contribution in [3.63, 3.8) is 0 Å². The van der Waals surface area contributed by atoms with E-state index < -0.39 is 5.72 Å². The monoisotopic (exact) mass is 203 g/mol. The van der Waals surface area contributed by atoms with Crippen molar-refractivity contribution < 1.29 is 9.90 Å². The summed E-state index contributed by atoms with van der Waals surface area (Å²) < 4.78 is -0.317. The van der Waals surface area contributed by atoms with E-state index in [1.807, 2.05) is 13.8 Å². The third-order valence-electron chi connectivity index (χ3n) is 2.57. The van der Waals surface area contributed by atoms with Crippen LogP contribution in [0, 0.1) is 0 Å². The molecule has 0 radical (unpaired) electrons. The second kappa shape index (κ2) is 3.50. The van der Waals surface area contributed by atoms with Gasteiger partial charge >= 0.3 is 0 Å². The van der Waals surface area contributed by atoms with Crippen molar-refractivity contribution in [2.75, 3.05) is 5.75 Å². The number of nitrogens with one attached hydrogen (secondary N) is 1. The van der Waals surface area contributed by atoms with Crippen LogP contribution >= 0.6 is 11.8 Å². The molecule has 0 saturated carbocycles. The Morgan fingerprint density at radius 1 is 1.54 bits per heavy atom. The van der Waals surface area contributed by atoms with Crippen molar-refractivity contribution in [3.8, 4) is 0 Å². The van der Waals surface area contributed by atoms with Gasteiger partial charge in [0.1, 0.15) is 5.72 Å². The molecule has 1 aliphatic rings. The number of hydrogen-bond donors (Lipinski definition) is 2. The van der Waals surface area contributed by atoms with E-state index in [-0.39, 0.29) is 10.7 Å². The van der Waals surface area contributed by atoms with Gasteiger partial charge in [0.2, 0.25) is 5.91 Å². The van der Waals surface area contributed by atoms with Crippen LogP contribution in [0.25, 0.3) is 0 Å². The van der Waals surface area contributed by atoms with E-state index in [0.717, 1.165) is 12.8 Å². The quantitative estimate of drug-likeness (QED) is 0.707. The Hall–Kier alpha value is -0.220. The molecule has 0 aromatic heterocycles. The summed E-state index contributed by atoms with van der Waals surface area (Å²) in [7, 11) is 0. The van der Waals surface area contributed by atoms with Gasteiger partial charge in [0.25, 0.3) is 0 Å². The summed E-state index contributed by atoms with van der Waals surface area (Å²) in [4.78, 5) is 11.7. The van der Waals surface area contributed by atoms with Gasteiger partial charge in [-0.05, 0) is 19.8 Å². The smallest absolute Gasteiger partial charge is 0.238 e. The van der Waals surface area contributed by atoms with Gasteiger partial charge in [-0.15, -0.1) is 11.8 Å². The molecule has 1 amide bonds. The number of rotatable bonds is 2.